The van der Waals surface area contributed by atoms with Crippen molar-refractivity contribution in [3.05, 3.63) is 87.9 Å². The van der Waals surface area contributed by atoms with Crippen LogP contribution in [0.2, 0.25) is 5.02 Å². The summed E-state index contributed by atoms with van der Waals surface area (Å²) in [4.78, 5) is 2.67. The summed E-state index contributed by atoms with van der Waals surface area (Å²) in [5, 5.41) is 13.3. The molecular weight excluding hydrogens is 466 g/mol. The van der Waals surface area contributed by atoms with Crippen molar-refractivity contribution in [3.63, 3.8) is 0 Å². The number of aromatic nitrogens is 3. The van der Waals surface area contributed by atoms with Crippen molar-refractivity contribution in [2.45, 2.75) is 90.5 Å². The molecule has 2 aliphatic heterocycles. The van der Waals surface area contributed by atoms with Gasteiger partial charge in [-0.05, 0) is 102 Å². The molecule has 0 amide bonds. The van der Waals surface area contributed by atoms with Crippen molar-refractivity contribution in [1.82, 2.24) is 24.8 Å². The maximum Gasteiger partial charge on any atom is 0.163 e. The summed E-state index contributed by atoms with van der Waals surface area (Å²) >= 11 is 6.37. The number of nitrogens with zero attached hydrogens (tertiary/aromatic N) is 4. The van der Waals surface area contributed by atoms with Crippen LogP contribution in [0.15, 0.2) is 60.3 Å². The lowest BCUT2D eigenvalue weighted by Crippen LogP contribution is -2.58. The van der Waals surface area contributed by atoms with Gasteiger partial charge >= 0.3 is 0 Å². The Morgan fingerprint density at radius 2 is 1.75 bits per heavy atom. The van der Waals surface area contributed by atoms with Crippen LogP contribution in [0.1, 0.15) is 76.5 Å². The number of halogens is 1. The van der Waals surface area contributed by atoms with Crippen molar-refractivity contribution in [1.29, 1.82) is 0 Å². The Morgan fingerprint density at radius 3 is 2.39 bits per heavy atom. The smallest absolute Gasteiger partial charge is 0.163 e. The standard InChI is InChI=1S/C30H38ClN5/c1-19(2)36-26(22-15-20(3)27-33-32-21(4)35(27)18-22)13-14-30(36,23-9-11-25(31)12-10-23)24-16-28(5,6)34-29(7,8)17-24/h9-16,18-19,26,34H,17H2,1-8H3. The molecule has 2 unspecified atom stereocenters. The first-order valence-corrected chi connectivity index (χ1v) is 13.3. The molecule has 1 N–H and O–H groups in total. The third-order valence-electron chi connectivity index (χ3n) is 7.61. The summed E-state index contributed by atoms with van der Waals surface area (Å²) < 4.78 is 2.12. The van der Waals surface area contributed by atoms with Gasteiger partial charge in [0.15, 0.2) is 5.65 Å². The zero-order valence-corrected chi connectivity index (χ0v) is 23.5. The molecule has 6 heteroatoms. The minimum absolute atomic E-state index is 0.0311. The summed E-state index contributed by atoms with van der Waals surface area (Å²) in [6.45, 7) is 17.9. The Labute approximate surface area is 220 Å². The van der Waals surface area contributed by atoms with E-state index in [0.717, 1.165) is 28.5 Å². The molecule has 3 aromatic rings. The van der Waals surface area contributed by atoms with E-state index in [0.29, 0.717) is 0 Å². The fourth-order valence-corrected chi connectivity index (χ4v) is 6.78. The third kappa shape index (κ3) is 4.11. The molecular formula is C30H38ClN5. The first-order valence-electron chi connectivity index (χ1n) is 12.9. The number of hydrogen-bond donors (Lipinski definition) is 1. The molecule has 0 fully saturated rings. The van der Waals surface area contributed by atoms with Crippen LogP contribution in [0, 0.1) is 13.8 Å². The number of aryl methyl sites for hydroxylation is 2. The van der Waals surface area contributed by atoms with Gasteiger partial charge in [0.1, 0.15) is 5.82 Å². The molecule has 2 atom stereocenters. The highest BCUT2D eigenvalue weighted by molar-refractivity contribution is 6.30. The van der Waals surface area contributed by atoms with Gasteiger partial charge in [-0.1, -0.05) is 42.0 Å². The van der Waals surface area contributed by atoms with Gasteiger partial charge in [-0.3, -0.25) is 9.30 Å². The van der Waals surface area contributed by atoms with Crippen LogP contribution in [-0.2, 0) is 5.54 Å². The molecule has 2 aromatic heterocycles. The van der Waals surface area contributed by atoms with Crippen LogP contribution in [0.4, 0.5) is 0 Å². The van der Waals surface area contributed by atoms with Crippen LogP contribution >= 0.6 is 11.6 Å². The van der Waals surface area contributed by atoms with Crippen molar-refractivity contribution in [2.24, 2.45) is 0 Å². The summed E-state index contributed by atoms with van der Waals surface area (Å²) in [7, 11) is 0. The predicted molar refractivity (Wildman–Crippen MR) is 148 cm³/mol. The van der Waals surface area contributed by atoms with Gasteiger partial charge in [0.2, 0.25) is 0 Å². The summed E-state index contributed by atoms with van der Waals surface area (Å²) in [6.07, 6.45) is 10.4. The molecule has 0 aliphatic carbocycles. The van der Waals surface area contributed by atoms with E-state index in [-0.39, 0.29) is 28.7 Å². The summed E-state index contributed by atoms with van der Waals surface area (Å²) in [6, 6.07) is 11.1. The normalized spacial score (nSPS) is 25.6. The lowest BCUT2D eigenvalue weighted by Gasteiger charge is -2.51. The molecule has 0 saturated heterocycles. The van der Waals surface area contributed by atoms with Crippen LogP contribution < -0.4 is 5.32 Å². The second-order valence-electron chi connectivity index (χ2n) is 12.1. The molecule has 0 saturated carbocycles. The van der Waals surface area contributed by atoms with Crippen molar-refractivity contribution < 1.29 is 0 Å². The van der Waals surface area contributed by atoms with Crippen molar-refractivity contribution in [2.75, 3.05) is 0 Å². The highest BCUT2D eigenvalue weighted by Crippen LogP contribution is 2.52. The van der Waals surface area contributed by atoms with Crippen molar-refractivity contribution >= 4 is 17.2 Å². The Morgan fingerprint density at radius 1 is 1.06 bits per heavy atom. The van der Waals surface area contributed by atoms with Gasteiger partial charge in [0, 0.05) is 28.3 Å². The number of pyridine rings is 1. The molecule has 0 spiro atoms. The Bertz CT molecular complexity index is 1360. The summed E-state index contributed by atoms with van der Waals surface area (Å²) in [5.74, 6) is 0.904. The number of hydrogen-bond acceptors (Lipinski definition) is 4. The second-order valence-corrected chi connectivity index (χ2v) is 12.5. The van der Waals surface area contributed by atoms with E-state index in [1.165, 1.54) is 16.7 Å². The zero-order valence-electron chi connectivity index (χ0n) is 22.7. The van der Waals surface area contributed by atoms with E-state index in [9.17, 15) is 0 Å². The second kappa shape index (κ2) is 8.54. The first kappa shape index (κ1) is 25.2. The number of benzene rings is 1. The van der Waals surface area contributed by atoms with Gasteiger partial charge in [-0.25, -0.2) is 0 Å². The number of fused-ring (bicyclic) bond motifs is 1. The predicted octanol–water partition coefficient (Wildman–Crippen LogP) is 6.69. The highest BCUT2D eigenvalue weighted by atomic mass is 35.5. The van der Waals surface area contributed by atoms with E-state index < -0.39 is 0 Å². The Kier molecular flexibility index (Phi) is 5.98. The average molecular weight is 504 g/mol. The van der Waals surface area contributed by atoms with Crippen LogP contribution in [0.5, 0.6) is 0 Å². The molecule has 36 heavy (non-hydrogen) atoms. The molecule has 5 rings (SSSR count). The van der Waals surface area contributed by atoms with Gasteiger partial charge in [0.25, 0.3) is 0 Å². The van der Waals surface area contributed by atoms with E-state index in [4.69, 9.17) is 11.6 Å². The zero-order chi connectivity index (χ0) is 26.0. The molecule has 1 aromatic carbocycles. The van der Waals surface area contributed by atoms with Gasteiger partial charge in [-0.2, -0.15) is 0 Å². The minimum Gasteiger partial charge on any atom is -0.303 e. The molecule has 2 aliphatic rings. The molecule has 5 nitrogen and oxygen atoms in total. The van der Waals surface area contributed by atoms with Gasteiger partial charge in [-0.15, -0.1) is 10.2 Å². The lowest BCUT2D eigenvalue weighted by molar-refractivity contribution is 0.0937. The summed E-state index contributed by atoms with van der Waals surface area (Å²) in [5.41, 5.74) is 5.43. The Hall–Kier alpha value is -2.47. The highest BCUT2D eigenvalue weighted by Gasteiger charge is 2.50. The molecule has 0 bridgehead atoms. The number of nitrogens with one attached hydrogen (secondary N) is 1. The third-order valence-corrected chi connectivity index (χ3v) is 7.86. The first-order chi connectivity index (χ1) is 16.8. The van der Waals surface area contributed by atoms with Gasteiger partial charge < -0.3 is 5.32 Å². The Balaban J connectivity index is 1.74. The fourth-order valence-electron chi connectivity index (χ4n) is 6.65. The van der Waals surface area contributed by atoms with E-state index >= 15 is 0 Å². The topological polar surface area (TPSA) is 45.5 Å². The van der Waals surface area contributed by atoms with E-state index in [1.807, 2.05) is 19.1 Å². The van der Waals surface area contributed by atoms with Crippen LogP contribution in [0.3, 0.4) is 0 Å². The van der Waals surface area contributed by atoms with Gasteiger partial charge in [0.05, 0.1) is 11.6 Å². The molecule has 190 valence electrons. The molecule has 4 heterocycles. The maximum atomic E-state index is 6.37. The van der Waals surface area contributed by atoms with E-state index in [1.54, 1.807) is 0 Å². The number of rotatable bonds is 4. The minimum atomic E-state index is -0.384. The SMILES string of the molecule is Cc1cc(C2C=CC(C3=CC(C)(C)NC(C)(C)C3)(c3ccc(Cl)cc3)N2C(C)C)cn2c(C)nnc12. The van der Waals surface area contributed by atoms with Crippen LogP contribution in [-0.4, -0.2) is 36.6 Å². The fraction of sp³-hybridized carbons (Fsp3) is 0.467. The molecule has 0 radical (unpaired) electrons. The largest absolute Gasteiger partial charge is 0.303 e. The quantitative estimate of drug-likeness (QED) is 0.403. The van der Waals surface area contributed by atoms with E-state index in [2.05, 4.69) is 116 Å². The van der Waals surface area contributed by atoms with Crippen LogP contribution in [0.25, 0.3) is 5.65 Å². The van der Waals surface area contributed by atoms with Crippen molar-refractivity contribution in [3.8, 4) is 0 Å². The monoisotopic (exact) mass is 503 g/mol. The lowest BCUT2D eigenvalue weighted by atomic mass is 9.71. The maximum absolute atomic E-state index is 6.37. The average Bonchev–Trinajstić information content (AvgIpc) is 3.35.